The van der Waals surface area contributed by atoms with Crippen LogP contribution in [0.15, 0.2) is 18.2 Å². The summed E-state index contributed by atoms with van der Waals surface area (Å²) in [4.78, 5) is 11.2. The smallest absolute Gasteiger partial charge is 0.252 e. The Morgan fingerprint density at radius 1 is 1.39 bits per heavy atom. The second kappa shape index (κ2) is 5.72. The number of nitrogens with two attached hydrogens (primary N) is 2. The molecule has 0 aliphatic rings. The third-order valence-electron chi connectivity index (χ3n) is 2.39. The van der Waals surface area contributed by atoms with E-state index in [0.717, 1.165) is 0 Å². The monoisotopic (exact) mass is 272 g/mol. The Morgan fingerprint density at radius 2 is 2.06 bits per heavy atom. The first-order chi connectivity index (χ1) is 8.37. The number of carbonyl (C=O) groups is 1. The van der Waals surface area contributed by atoms with Crippen LogP contribution in [0.2, 0.25) is 0 Å². The van der Waals surface area contributed by atoms with Crippen LogP contribution in [0.5, 0.6) is 5.75 Å². The molecule has 0 saturated carbocycles. The van der Waals surface area contributed by atoms with Gasteiger partial charge in [0.05, 0.1) is 17.0 Å². The number of anilines is 1. The van der Waals surface area contributed by atoms with E-state index in [1.54, 1.807) is 19.1 Å². The minimum atomic E-state index is -3.12. The van der Waals surface area contributed by atoms with E-state index < -0.39 is 15.7 Å². The highest BCUT2D eigenvalue weighted by Crippen LogP contribution is 2.25. The normalized spacial score (nSPS) is 11.2. The van der Waals surface area contributed by atoms with Gasteiger partial charge in [-0.05, 0) is 12.1 Å². The van der Waals surface area contributed by atoms with Gasteiger partial charge in [-0.1, -0.05) is 13.0 Å². The van der Waals surface area contributed by atoms with Crippen LogP contribution in [0.3, 0.4) is 0 Å². The lowest BCUT2D eigenvalue weighted by molar-refractivity contribution is 0.0997. The SMILES string of the molecule is CCS(=O)(=O)CCOc1c(N)cccc1C(N)=O. The molecule has 0 fully saturated rings. The minimum Gasteiger partial charge on any atom is -0.490 e. The van der Waals surface area contributed by atoms with Crippen molar-refractivity contribution in [1.29, 1.82) is 0 Å². The molecule has 100 valence electrons. The van der Waals surface area contributed by atoms with Gasteiger partial charge in [-0.25, -0.2) is 8.42 Å². The van der Waals surface area contributed by atoms with Gasteiger partial charge in [-0.3, -0.25) is 4.79 Å². The highest BCUT2D eigenvalue weighted by atomic mass is 32.2. The molecule has 7 heteroatoms. The van der Waals surface area contributed by atoms with Gasteiger partial charge in [0.1, 0.15) is 6.61 Å². The zero-order valence-electron chi connectivity index (χ0n) is 10.0. The van der Waals surface area contributed by atoms with Crippen LogP contribution in [0.4, 0.5) is 5.69 Å². The van der Waals surface area contributed by atoms with Crippen LogP contribution < -0.4 is 16.2 Å². The zero-order chi connectivity index (χ0) is 13.8. The zero-order valence-corrected chi connectivity index (χ0v) is 10.9. The average molecular weight is 272 g/mol. The predicted octanol–water partition coefficient (Wildman–Crippen LogP) is 0.181. The maximum atomic E-state index is 11.3. The molecule has 0 radical (unpaired) electrons. The van der Waals surface area contributed by atoms with E-state index in [2.05, 4.69) is 0 Å². The fourth-order valence-electron chi connectivity index (χ4n) is 1.33. The molecule has 18 heavy (non-hydrogen) atoms. The van der Waals surface area contributed by atoms with Gasteiger partial charge in [0.2, 0.25) is 0 Å². The number of para-hydroxylation sites is 1. The number of benzene rings is 1. The molecular formula is C11H16N2O4S. The first-order valence-corrected chi connectivity index (χ1v) is 7.21. The third-order valence-corrected chi connectivity index (χ3v) is 4.06. The van der Waals surface area contributed by atoms with Crippen molar-refractivity contribution in [3.63, 3.8) is 0 Å². The summed E-state index contributed by atoms with van der Waals surface area (Å²) in [6.07, 6.45) is 0. The van der Waals surface area contributed by atoms with Gasteiger partial charge in [-0.2, -0.15) is 0 Å². The van der Waals surface area contributed by atoms with E-state index in [4.69, 9.17) is 16.2 Å². The molecule has 1 rings (SSSR count). The Kier molecular flexibility index (Phi) is 4.55. The fourth-order valence-corrected chi connectivity index (χ4v) is 1.95. The van der Waals surface area contributed by atoms with Crippen molar-refractivity contribution >= 4 is 21.4 Å². The highest BCUT2D eigenvalue weighted by molar-refractivity contribution is 7.91. The Balaban J connectivity index is 2.82. The molecule has 0 spiro atoms. The molecule has 0 unspecified atom stereocenters. The molecule has 1 aromatic carbocycles. The summed E-state index contributed by atoms with van der Waals surface area (Å²) in [6, 6.07) is 4.60. The lowest BCUT2D eigenvalue weighted by atomic mass is 10.1. The summed E-state index contributed by atoms with van der Waals surface area (Å²) in [5.41, 5.74) is 11.2. The van der Waals surface area contributed by atoms with Gasteiger partial charge in [0.15, 0.2) is 15.6 Å². The third kappa shape index (κ3) is 3.63. The number of carbonyl (C=O) groups excluding carboxylic acids is 1. The number of rotatable bonds is 6. The Bertz CT molecular complexity index is 540. The second-order valence-corrected chi connectivity index (χ2v) is 6.15. The Hall–Kier alpha value is -1.76. The van der Waals surface area contributed by atoms with Crippen LogP contribution in [0.1, 0.15) is 17.3 Å². The number of hydrogen-bond donors (Lipinski definition) is 2. The minimum absolute atomic E-state index is 0.0449. The summed E-state index contributed by atoms with van der Waals surface area (Å²) in [7, 11) is -3.12. The lowest BCUT2D eigenvalue weighted by Crippen LogP contribution is -2.18. The highest BCUT2D eigenvalue weighted by Gasteiger charge is 2.14. The van der Waals surface area contributed by atoms with E-state index in [0.29, 0.717) is 0 Å². The van der Waals surface area contributed by atoms with Gasteiger partial charge < -0.3 is 16.2 Å². The van der Waals surface area contributed by atoms with E-state index in [1.165, 1.54) is 6.07 Å². The van der Waals surface area contributed by atoms with Crippen LogP contribution in [-0.4, -0.2) is 32.4 Å². The van der Waals surface area contributed by atoms with Crippen molar-refractivity contribution in [3.8, 4) is 5.75 Å². The summed E-state index contributed by atoms with van der Waals surface area (Å²) in [6.45, 7) is 1.49. The molecule has 4 N–H and O–H groups in total. The van der Waals surface area contributed by atoms with E-state index in [9.17, 15) is 13.2 Å². The first-order valence-electron chi connectivity index (χ1n) is 5.39. The number of nitrogen functional groups attached to an aromatic ring is 1. The van der Waals surface area contributed by atoms with Crippen molar-refractivity contribution in [1.82, 2.24) is 0 Å². The maximum absolute atomic E-state index is 11.3. The Labute approximate surface area is 106 Å². The predicted molar refractivity (Wildman–Crippen MR) is 69.2 cm³/mol. The summed E-state index contributed by atoms with van der Waals surface area (Å²) in [5.74, 6) is -0.619. The van der Waals surface area contributed by atoms with Gasteiger partial charge in [0.25, 0.3) is 5.91 Å². The topological polar surface area (TPSA) is 112 Å². The molecule has 0 saturated heterocycles. The van der Waals surface area contributed by atoms with Crippen LogP contribution >= 0.6 is 0 Å². The van der Waals surface area contributed by atoms with E-state index in [1.807, 2.05) is 0 Å². The largest absolute Gasteiger partial charge is 0.490 e. The molecule has 0 bridgehead atoms. The number of primary amides is 1. The van der Waals surface area contributed by atoms with Gasteiger partial charge in [-0.15, -0.1) is 0 Å². The van der Waals surface area contributed by atoms with Crippen LogP contribution in [0.25, 0.3) is 0 Å². The number of ether oxygens (including phenoxy) is 1. The van der Waals surface area contributed by atoms with Crippen LogP contribution in [-0.2, 0) is 9.84 Å². The van der Waals surface area contributed by atoms with Crippen molar-refractivity contribution in [3.05, 3.63) is 23.8 Å². The lowest BCUT2D eigenvalue weighted by Gasteiger charge is -2.11. The fraction of sp³-hybridized carbons (Fsp3) is 0.364. The van der Waals surface area contributed by atoms with Crippen molar-refractivity contribution in [2.45, 2.75) is 6.92 Å². The number of amides is 1. The van der Waals surface area contributed by atoms with Crippen molar-refractivity contribution in [2.24, 2.45) is 5.73 Å². The summed E-state index contributed by atoms with van der Waals surface area (Å²) in [5, 5.41) is 0. The quantitative estimate of drug-likeness (QED) is 0.717. The molecule has 0 atom stereocenters. The van der Waals surface area contributed by atoms with Gasteiger partial charge in [0, 0.05) is 5.75 Å². The molecule has 6 nitrogen and oxygen atoms in total. The first kappa shape index (κ1) is 14.3. The summed E-state index contributed by atoms with van der Waals surface area (Å²) < 4.78 is 27.8. The maximum Gasteiger partial charge on any atom is 0.252 e. The number of hydrogen-bond acceptors (Lipinski definition) is 5. The van der Waals surface area contributed by atoms with E-state index in [-0.39, 0.29) is 35.1 Å². The number of sulfone groups is 1. The van der Waals surface area contributed by atoms with E-state index >= 15 is 0 Å². The molecule has 1 amide bonds. The van der Waals surface area contributed by atoms with Crippen molar-refractivity contribution in [2.75, 3.05) is 23.8 Å². The molecular weight excluding hydrogens is 256 g/mol. The van der Waals surface area contributed by atoms with Gasteiger partial charge >= 0.3 is 0 Å². The van der Waals surface area contributed by atoms with Crippen LogP contribution in [0, 0.1) is 0 Å². The molecule has 0 heterocycles. The Morgan fingerprint density at radius 3 is 2.61 bits per heavy atom. The molecule has 0 aromatic heterocycles. The van der Waals surface area contributed by atoms with Crippen molar-refractivity contribution < 1.29 is 17.9 Å². The molecule has 0 aliphatic heterocycles. The average Bonchev–Trinajstić information content (AvgIpc) is 2.30. The molecule has 1 aromatic rings. The standard InChI is InChI=1S/C11H16N2O4S/c1-2-18(15,16)7-6-17-10-8(11(13)14)4-3-5-9(10)12/h3-5H,2,6-7,12H2,1H3,(H2,13,14). The summed E-state index contributed by atoms with van der Waals surface area (Å²) >= 11 is 0. The molecule has 0 aliphatic carbocycles. The second-order valence-electron chi connectivity index (χ2n) is 3.67.